The molecule has 0 saturated carbocycles. The summed E-state index contributed by atoms with van der Waals surface area (Å²) in [6.45, 7) is 15.6. The maximum atomic E-state index is 9.09. The minimum atomic E-state index is -1.53. The second-order valence-electron chi connectivity index (χ2n) is 9.78. The monoisotopic (exact) mass is 402 g/mol. The van der Waals surface area contributed by atoms with Gasteiger partial charge in [-0.15, -0.1) is 0 Å². The normalized spacial score (nSPS) is 13.9. The van der Waals surface area contributed by atoms with Gasteiger partial charge in [0.2, 0.25) is 0 Å². The fourth-order valence-corrected chi connectivity index (χ4v) is 3.96. The zero-order valence-electron chi connectivity index (χ0n) is 19.4. The van der Waals surface area contributed by atoms with E-state index in [4.69, 9.17) is 14.3 Å². The van der Waals surface area contributed by atoms with Crippen LogP contribution in [-0.2, 0) is 9.16 Å². The first-order valence-electron chi connectivity index (χ1n) is 11.6. The average Bonchev–Trinajstić information content (AvgIpc) is 2.56. The van der Waals surface area contributed by atoms with Crippen LogP contribution in [0.5, 0.6) is 0 Å². The molecule has 27 heavy (non-hydrogen) atoms. The third-order valence-electron chi connectivity index (χ3n) is 5.81. The lowest BCUT2D eigenvalue weighted by molar-refractivity contribution is 0.0445. The highest BCUT2D eigenvalue weighted by molar-refractivity contribution is 6.74. The molecule has 0 bridgehead atoms. The summed E-state index contributed by atoms with van der Waals surface area (Å²) in [5, 5.41) is 9.43. The quantitative estimate of drug-likeness (QED) is 0.196. The van der Waals surface area contributed by atoms with E-state index in [0.717, 1.165) is 19.6 Å². The summed E-state index contributed by atoms with van der Waals surface area (Å²) in [4.78, 5) is 0. The fourth-order valence-electron chi connectivity index (χ4n) is 2.87. The summed E-state index contributed by atoms with van der Waals surface area (Å²) >= 11 is 0. The largest absolute Gasteiger partial charge is 0.417 e. The number of aliphatic hydroxyl groups excluding tert-OH is 1. The number of rotatable bonds is 18. The lowest BCUT2D eigenvalue weighted by atomic mass is 10.1. The smallest absolute Gasteiger partial charge is 0.191 e. The van der Waals surface area contributed by atoms with Crippen molar-refractivity contribution in [3.8, 4) is 0 Å². The number of hydrogen-bond acceptors (Lipinski definition) is 3. The molecule has 1 unspecified atom stereocenters. The molecule has 1 atom stereocenters. The van der Waals surface area contributed by atoms with Crippen molar-refractivity contribution < 1.29 is 14.3 Å². The van der Waals surface area contributed by atoms with Crippen LogP contribution in [0.3, 0.4) is 0 Å². The van der Waals surface area contributed by atoms with Gasteiger partial charge in [-0.1, -0.05) is 85.0 Å². The molecule has 0 amide bonds. The molecular formula is C23H50O3Si. The predicted octanol–water partition coefficient (Wildman–Crippen LogP) is 7.09. The molecule has 0 aromatic carbocycles. The van der Waals surface area contributed by atoms with Crippen molar-refractivity contribution in [1.82, 2.24) is 0 Å². The van der Waals surface area contributed by atoms with Gasteiger partial charge < -0.3 is 14.3 Å². The molecule has 0 aromatic heterocycles. The molecule has 0 saturated heterocycles. The van der Waals surface area contributed by atoms with Crippen LogP contribution in [0.15, 0.2) is 0 Å². The van der Waals surface area contributed by atoms with Gasteiger partial charge in [0.1, 0.15) is 0 Å². The van der Waals surface area contributed by atoms with Crippen molar-refractivity contribution in [3.05, 3.63) is 0 Å². The predicted molar refractivity (Wildman–Crippen MR) is 121 cm³/mol. The Kier molecular flexibility index (Phi) is 16.0. The molecule has 0 aliphatic carbocycles. The Labute approximate surface area is 171 Å². The summed E-state index contributed by atoms with van der Waals surface area (Å²) in [7, 11) is -1.53. The van der Waals surface area contributed by atoms with Crippen LogP contribution in [-0.4, -0.2) is 39.3 Å². The van der Waals surface area contributed by atoms with Crippen LogP contribution < -0.4 is 0 Å². The third kappa shape index (κ3) is 16.7. The van der Waals surface area contributed by atoms with Crippen LogP contribution in [0.25, 0.3) is 0 Å². The highest BCUT2D eigenvalue weighted by Crippen LogP contribution is 2.36. The number of aliphatic hydroxyl groups is 1. The maximum Gasteiger partial charge on any atom is 0.191 e. The van der Waals surface area contributed by atoms with Gasteiger partial charge in [-0.3, -0.25) is 0 Å². The van der Waals surface area contributed by atoms with Crippen LogP contribution >= 0.6 is 0 Å². The first-order valence-corrected chi connectivity index (χ1v) is 14.5. The summed E-state index contributed by atoms with van der Waals surface area (Å²) in [5.41, 5.74) is 0. The van der Waals surface area contributed by atoms with E-state index in [1.165, 1.54) is 70.6 Å². The van der Waals surface area contributed by atoms with Gasteiger partial charge in [0, 0.05) is 13.2 Å². The van der Waals surface area contributed by atoms with E-state index in [0.29, 0.717) is 11.6 Å². The molecule has 0 radical (unpaired) electrons. The lowest BCUT2D eigenvalue weighted by Gasteiger charge is -2.36. The van der Waals surface area contributed by atoms with E-state index in [1.807, 2.05) is 0 Å². The van der Waals surface area contributed by atoms with Gasteiger partial charge in [-0.05, 0) is 37.9 Å². The molecule has 0 aromatic rings. The molecule has 3 nitrogen and oxygen atoms in total. The number of unbranched alkanes of at least 4 members (excludes halogenated alkanes) is 11. The van der Waals surface area contributed by atoms with E-state index in [2.05, 4.69) is 33.9 Å². The van der Waals surface area contributed by atoms with Gasteiger partial charge in [-0.25, -0.2) is 0 Å². The molecule has 1 N–H and O–H groups in total. The van der Waals surface area contributed by atoms with Crippen molar-refractivity contribution in [2.24, 2.45) is 0 Å². The molecule has 0 spiro atoms. The first-order chi connectivity index (χ1) is 12.7. The Morgan fingerprint density at radius 1 is 0.704 bits per heavy atom. The minimum Gasteiger partial charge on any atom is -0.417 e. The molecule has 0 aliphatic heterocycles. The zero-order chi connectivity index (χ0) is 20.6. The van der Waals surface area contributed by atoms with Crippen LogP contribution in [0, 0.1) is 0 Å². The van der Waals surface area contributed by atoms with E-state index in [1.54, 1.807) is 6.92 Å². The number of hydrogen-bond donors (Lipinski definition) is 1. The highest BCUT2D eigenvalue weighted by atomic mass is 28.4. The average molecular weight is 403 g/mol. The van der Waals surface area contributed by atoms with Crippen molar-refractivity contribution in [2.75, 3.05) is 19.8 Å². The summed E-state index contributed by atoms with van der Waals surface area (Å²) in [5.74, 6) is 0. The molecule has 164 valence electrons. The number of ether oxygens (including phenoxy) is 1. The SMILES string of the molecule is CC(O)COCCCCCCCCCCCCCCO[Si](C)(C)C(C)(C)C. The molecule has 0 heterocycles. The van der Waals surface area contributed by atoms with Gasteiger partial charge in [0.25, 0.3) is 0 Å². The Balaban J connectivity index is 3.22. The standard InChI is InChI=1S/C23H50O3Si/c1-22(24)21-25-19-17-15-13-11-9-7-8-10-12-14-16-18-20-26-27(5,6)23(2,3)4/h22,24H,7-21H2,1-6H3. The van der Waals surface area contributed by atoms with Gasteiger partial charge in [0.15, 0.2) is 8.32 Å². The van der Waals surface area contributed by atoms with E-state index in [-0.39, 0.29) is 6.10 Å². The van der Waals surface area contributed by atoms with Gasteiger partial charge in [0.05, 0.1) is 12.7 Å². The first kappa shape index (κ1) is 27.1. The second kappa shape index (κ2) is 16.0. The molecule has 0 fully saturated rings. The Morgan fingerprint density at radius 2 is 1.07 bits per heavy atom. The van der Waals surface area contributed by atoms with Crippen molar-refractivity contribution in [1.29, 1.82) is 0 Å². The Bertz CT molecular complexity index is 324. The van der Waals surface area contributed by atoms with Gasteiger partial charge >= 0.3 is 0 Å². The molecule has 0 rings (SSSR count). The summed E-state index contributed by atoms with van der Waals surface area (Å²) in [6.07, 6.45) is 15.6. The van der Waals surface area contributed by atoms with Crippen LogP contribution in [0.2, 0.25) is 18.1 Å². The minimum absolute atomic E-state index is 0.333. The highest BCUT2D eigenvalue weighted by Gasteiger charge is 2.36. The third-order valence-corrected chi connectivity index (χ3v) is 10.3. The molecule has 4 heteroatoms. The van der Waals surface area contributed by atoms with Crippen molar-refractivity contribution >= 4 is 8.32 Å². The maximum absolute atomic E-state index is 9.09. The Hall–Kier alpha value is 0.0969. The van der Waals surface area contributed by atoms with E-state index in [9.17, 15) is 0 Å². The van der Waals surface area contributed by atoms with Crippen LogP contribution in [0.4, 0.5) is 0 Å². The van der Waals surface area contributed by atoms with E-state index >= 15 is 0 Å². The topological polar surface area (TPSA) is 38.7 Å². The Morgan fingerprint density at radius 3 is 1.44 bits per heavy atom. The second-order valence-corrected chi connectivity index (χ2v) is 14.6. The molecule has 0 aliphatic rings. The van der Waals surface area contributed by atoms with E-state index < -0.39 is 8.32 Å². The van der Waals surface area contributed by atoms with Crippen molar-refractivity contribution in [2.45, 2.75) is 129 Å². The molecular weight excluding hydrogens is 352 g/mol. The summed E-state index contributed by atoms with van der Waals surface area (Å²) < 4.78 is 11.6. The van der Waals surface area contributed by atoms with Gasteiger partial charge in [-0.2, -0.15) is 0 Å². The fraction of sp³-hybridized carbons (Fsp3) is 1.00. The van der Waals surface area contributed by atoms with Crippen LogP contribution in [0.1, 0.15) is 105 Å². The lowest BCUT2D eigenvalue weighted by Crippen LogP contribution is -2.40. The summed E-state index contributed by atoms with van der Waals surface area (Å²) in [6, 6.07) is 0. The zero-order valence-corrected chi connectivity index (χ0v) is 20.4. The van der Waals surface area contributed by atoms with Crippen molar-refractivity contribution in [3.63, 3.8) is 0 Å².